The zero-order chi connectivity index (χ0) is 20.4. The standard InChI is InChI=1S/C18H11Cl2N3O4S/c19-9-1-4-11(5-2-9)23-16(25)13(15(24)22-18(23)28)8-21-10-3-6-14(20)12(7-10)17(26)27/h1-8,13H,(H,26,27)(H,22,24,28)/t13-/m1/s1. The lowest BCUT2D eigenvalue weighted by Crippen LogP contribution is -2.58. The van der Waals surface area contributed by atoms with E-state index in [2.05, 4.69) is 10.3 Å². The van der Waals surface area contributed by atoms with Gasteiger partial charge in [0, 0.05) is 11.2 Å². The first-order chi connectivity index (χ1) is 13.3. The van der Waals surface area contributed by atoms with Crippen molar-refractivity contribution in [3.05, 3.63) is 58.1 Å². The number of aromatic carboxylic acids is 1. The molecule has 0 saturated carbocycles. The molecule has 2 aromatic rings. The minimum atomic E-state index is -1.24. The van der Waals surface area contributed by atoms with Crippen molar-refractivity contribution in [3.8, 4) is 0 Å². The van der Waals surface area contributed by atoms with Crippen molar-refractivity contribution in [1.29, 1.82) is 0 Å². The van der Waals surface area contributed by atoms with Crippen molar-refractivity contribution in [2.45, 2.75) is 0 Å². The van der Waals surface area contributed by atoms with Gasteiger partial charge in [-0.15, -0.1) is 0 Å². The van der Waals surface area contributed by atoms with Crippen LogP contribution in [0.5, 0.6) is 0 Å². The van der Waals surface area contributed by atoms with Crippen LogP contribution in [0.1, 0.15) is 10.4 Å². The fourth-order valence-electron chi connectivity index (χ4n) is 2.47. The number of thiocarbonyl (C=S) groups is 1. The predicted octanol–water partition coefficient (Wildman–Crippen LogP) is 3.46. The molecule has 142 valence electrons. The molecule has 1 fully saturated rings. The van der Waals surface area contributed by atoms with Gasteiger partial charge in [-0.05, 0) is 54.7 Å². The molecule has 1 atom stereocenters. The maximum atomic E-state index is 12.8. The first kappa shape index (κ1) is 19.9. The SMILES string of the molecule is O=C(O)c1cc(N=C[C@@H]2C(=O)NC(=S)N(c3ccc(Cl)cc3)C2=O)ccc1Cl. The van der Waals surface area contributed by atoms with E-state index in [0.29, 0.717) is 10.7 Å². The van der Waals surface area contributed by atoms with E-state index in [1.54, 1.807) is 24.3 Å². The molecule has 0 bridgehead atoms. The third-order valence-corrected chi connectivity index (χ3v) is 4.71. The maximum absolute atomic E-state index is 12.8. The van der Waals surface area contributed by atoms with Crippen LogP contribution >= 0.6 is 35.4 Å². The number of halogens is 2. The summed E-state index contributed by atoms with van der Waals surface area (Å²) in [5.41, 5.74) is 0.533. The summed E-state index contributed by atoms with van der Waals surface area (Å²) in [5, 5.41) is 12.1. The van der Waals surface area contributed by atoms with Crippen LogP contribution in [-0.2, 0) is 9.59 Å². The number of hydrogen-bond donors (Lipinski definition) is 2. The highest BCUT2D eigenvalue weighted by Gasteiger charge is 2.38. The van der Waals surface area contributed by atoms with Crippen LogP contribution in [0, 0.1) is 5.92 Å². The Kier molecular flexibility index (Phi) is 5.73. The number of anilines is 1. The zero-order valence-corrected chi connectivity index (χ0v) is 16.3. The second kappa shape index (κ2) is 8.05. The first-order valence-corrected chi connectivity index (χ1v) is 8.95. The Hall–Kier alpha value is -2.81. The molecule has 0 aliphatic carbocycles. The number of hydrogen-bond acceptors (Lipinski definition) is 5. The van der Waals surface area contributed by atoms with Gasteiger partial charge in [-0.1, -0.05) is 23.2 Å². The van der Waals surface area contributed by atoms with E-state index in [1.165, 1.54) is 23.1 Å². The van der Waals surface area contributed by atoms with E-state index in [-0.39, 0.29) is 21.4 Å². The Morgan fingerprint density at radius 1 is 1.18 bits per heavy atom. The van der Waals surface area contributed by atoms with E-state index in [4.69, 9.17) is 40.5 Å². The number of aliphatic imine (C=N–C) groups is 1. The van der Waals surface area contributed by atoms with Gasteiger partial charge in [0.15, 0.2) is 11.0 Å². The summed E-state index contributed by atoms with van der Waals surface area (Å²) >= 11 is 16.8. The molecule has 1 heterocycles. The molecule has 2 N–H and O–H groups in total. The Balaban J connectivity index is 1.89. The Morgan fingerprint density at radius 3 is 2.50 bits per heavy atom. The fraction of sp³-hybridized carbons (Fsp3) is 0.0556. The number of carbonyl (C=O) groups is 3. The lowest BCUT2D eigenvalue weighted by Gasteiger charge is -2.30. The molecule has 2 aromatic carbocycles. The van der Waals surface area contributed by atoms with E-state index in [1.807, 2.05) is 0 Å². The normalized spacial score (nSPS) is 17.1. The third kappa shape index (κ3) is 4.04. The summed E-state index contributed by atoms with van der Waals surface area (Å²) in [4.78, 5) is 41.4. The van der Waals surface area contributed by atoms with Gasteiger partial charge in [-0.2, -0.15) is 0 Å². The molecule has 0 unspecified atom stereocenters. The maximum Gasteiger partial charge on any atom is 0.337 e. The minimum absolute atomic E-state index is 0.0530. The van der Waals surface area contributed by atoms with Crippen LogP contribution in [0.3, 0.4) is 0 Å². The summed E-state index contributed by atoms with van der Waals surface area (Å²) in [5.74, 6) is -3.68. The van der Waals surface area contributed by atoms with Crippen molar-refractivity contribution in [2.75, 3.05) is 4.90 Å². The zero-order valence-electron chi connectivity index (χ0n) is 13.9. The van der Waals surface area contributed by atoms with Gasteiger partial charge in [-0.3, -0.25) is 19.5 Å². The van der Waals surface area contributed by atoms with Gasteiger partial charge < -0.3 is 10.4 Å². The molecule has 7 nitrogen and oxygen atoms in total. The summed E-state index contributed by atoms with van der Waals surface area (Å²) in [6, 6.07) is 10.5. The van der Waals surface area contributed by atoms with E-state index < -0.39 is 23.7 Å². The Labute approximate surface area is 174 Å². The van der Waals surface area contributed by atoms with Crippen molar-refractivity contribution in [1.82, 2.24) is 5.32 Å². The smallest absolute Gasteiger partial charge is 0.337 e. The van der Waals surface area contributed by atoms with Gasteiger partial charge in [0.05, 0.1) is 22.0 Å². The monoisotopic (exact) mass is 435 g/mol. The number of carboxylic acids is 1. The molecule has 0 radical (unpaired) electrons. The number of rotatable bonds is 4. The average molecular weight is 436 g/mol. The molecule has 1 aliphatic heterocycles. The lowest BCUT2D eigenvalue weighted by atomic mass is 10.1. The van der Waals surface area contributed by atoms with Crippen LogP contribution in [-0.4, -0.2) is 34.2 Å². The number of nitrogens with one attached hydrogen (secondary N) is 1. The number of amides is 2. The Bertz CT molecular complexity index is 1020. The fourth-order valence-corrected chi connectivity index (χ4v) is 3.09. The highest BCUT2D eigenvalue weighted by molar-refractivity contribution is 7.80. The number of carboxylic acid groups (broad SMARTS) is 1. The van der Waals surface area contributed by atoms with Crippen molar-refractivity contribution < 1.29 is 19.5 Å². The molecule has 10 heteroatoms. The molecular weight excluding hydrogens is 425 g/mol. The largest absolute Gasteiger partial charge is 0.478 e. The third-order valence-electron chi connectivity index (χ3n) is 3.84. The van der Waals surface area contributed by atoms with Crippen LogP contribution in [0.2, 0.25) is 10.0 Å². The average Bonchev–Trinajstić information content (AvgIpc) is 2.63. The van der Waals surface area contributed by atoms with Gasteiger partial charge in [-0.25, -0.2) is 4.79 Å². The summed E-state index contributed by atoms with van der Waals surface area (Å²) in [6.07, 6.45) is 1.14. The summed E-state index contributed by atoms with van der Waals surface area (Å²) in [6.45, 7) is 0. The molecule has 28 heavy (non-hydrogen) atoms. The van der Waals surface area contributed by atoms with Crippen LogP contribution in [0.4, 0.5) is 11.4 Å². The van der Waals surface area contributed by atoms with Gasteiger partial charge >= 0.3 is 5.97 Å². The second-order valence-corrected chi connectivity index (χ2v) is 6.90. The topological polar surface area (TPSA) is 99.1 Å². The number of benzene rings is 2. The second-order valence-electron chi connectivity index (χ2n) is 5.67. The van der Waals surface area contributed by atoms with E-state index >= 15 is 0 Å². The highest BCUT2D eigenvalue weighted by Crippen LogP contribution is 2.25. The molecular formula is C18H11Cl2N3O4S. The summed E-state index contributed by atoms with van der Waals surface area (Å²) < 4.78 is 0. The van der Waals surface area contributed by atoms with Gasteiger partial charge in [0.25, 0.3) is 5.91 Å². The molecule has 1 saturated heterocycles. The quantitative estimate of drug-likeness (QED) is 0.435. The van der Waals surface area contributed by atoms with Gasteiger partial charge in [0.2, 0.25) is 5.91 Å². The van der Waals surface area contributed by atoms with Crippen LogP contribution in [0.25, 0.3) is 0 Å². The summed E-state index contributed by atoms with van der Waals surface area (Å²) in [7, 11) is 0. The first-order valence-electron chi connectivity index (χ1n) is 7.79. The van der Waals surface area contributed by atoms with E-state index in [0.717, 1.165) is 6.21 Å². The molecule has 1 aliphatic rings. The highest BCUT2D eigenvalue weighted by atomic mass is 35.5. The van der Waals surface area contributed by atoms with Crippen molar-refractivity contribution in [2.24, 2.45) is 10.9 Å². The van der Waals surface area contributed by atoms with Gasteiger partial charge in [0.1, 0.15) is 0 Å². The van der Waals surface area contributed by atoms with Crippen molar-refractivity contribution >= 4 is 75.9 Å². The predicted molar refractivity (Wildman–Crippen MR) is 110 cm³/mol. The van der Waals surface area contributed by atoms with Crippen LogP contribution in [0.15, 0.2) is 47.5 Å². The molecule has 3 rings (SSSR count). The van der Waals surface area contributed by atoms with Crippen LogP contribution < -0.4 is 10.2 Å². The molecule has 2 amide bonds. The molecule has 0 spiro atoms. The number of carbonyl (C=O) groups excluding carboxylic acids is 2. The molecule has 0 aromatic heterocycles. The Morgan fingerprint density at radius 2 is 1.86 bits per heavy atom. The number of nitrogens with zero attached hydrogens (tertiary/aromatic N) is 2. The van der Waals surface area contributed by atoms with E-state index in [9.17, 15) is 14.4 Å². The minimum Gasteiger partial charge on any atom is -0.478 e. The van der Waals surface area contributed by atoms with Crippen molar-refractivity contribution in [3.63, 3.8) is 0 Å². The lowest BCUT2D eigenvalue weighted by molar-refractivity contribution is -0.130.